The molecule has 0 bridgehead atoms. The van der Waals surface area contributed by atoms with Crippen LogP contribution in [-0.2, 0) is 0 Å². The van der Waals surface area contributed by atoms with E-state index in [1.54, 1.807) is 0 Å². The lowest BCUT2D eigenvalue weighted by molar-refractivity contribution is 0.156. The predicted octanol–water partition coefficient (Wildman–Crippen LogP) is 3.34. The molecule has 0 aromatic carbocycles. The second-order valence-corrected chi connectivity index (χ2v) is 5.28. The summed E-state index contributed by atoms with van der Waals surface area (Å²) < 4.78 is 0. The Morgan fingerprint density at radius 3 is 2.36 bits per heavy atom. The SMILES string of the molecule is CCCCCC1CCC1CNC1CC1. The average Bonchev–Trinajstić information content (AvgIpc) is 2.94. The Morgan fingerprint density at radius 1 is 1.00 bits per heavy atom. The summed E-state index contributed by atoms with van der Waals surface area (Å²) in [4.78, 5) is 0. The molecule has 0 aromatic rings. The van der Waals surface area contributed by atoms with E-state index in [1.165, 1.54) is 57.9 Å². The Kier molecular flexibility index (Phi) is 3.86. The molecule has 2 saturated carbocycles. The lowest BCUT2D eigenvalue weighted by Crippen LogP contribution is -2.36. The van der Waals surface area contributed by atoms with Crippen molar-refractivity contribution >= 4 is 0 Å². The zero-order valence-corrected chi connectivity index (χ0v) is 9.60. The van der Waals surface area contributed by atoms with Crippen molar-refractivity contribution < 1.29 is 0 Å². The van der Waals surface area contributed by atoms with E-state index < -0.39 is 0 Å². The van der Waals surface area contributed by atoms with E-state index in [9.17, 15) is 0 Å². The quantitative estimate of drug-likeness (QED) is 0.614. The van der Waals surface area contributed by atoms with Crippen molar-refractivity contribution in [3.8, 4) is 0 Å². The largest absolute Gasteiger partial charge is 0.314 e. The highest BCUT2D eigenvalue weighted by Crippen LogP contribution is 2.38. The van der Waals surface area contributed by atoms with E-state index in [1.807, 2.05) is 0 Å². The fourth-order valence-corrected chi connectivity index (χ4v) is 2.55. The normalized spacial score (nSPS) is 31.5. The maximum Gasteiger partial charge on any atom is 0.00683 e. The molecule has 1 heteroatoms. The summed E-state index contributed by atoms with van der Waals surface area (Å²) in [6.07, 6.45) is 11.7. The summed E-state index contributed by atoms with van der Waals surface area (Å²) in [5.74, 6) is 2.11. The molecule has 1 nitrogen and oxygen atoms in total. The van der Waals surface area contributed by atoms with Crippen LogP contribution in [0.1, 0.15) is 58.3 Å². The minimum Gasteiger partial charge on any atom is -0.314 e. The van der Waals surface area contributed by atoms with Crippen LogP contribution in [0.5, 0.6) is 0 Å². The van der Waals surface area contributed by atoms with Crippen LogP contribution >= 0.6 is 0 Å². The van der Waals surface area contributed by atoms with Crippen molar-refractivity contribution in [1.82, 2.24) is 5.32 Å². The van der Waals surface area contributed by atoms with Gasteiger partial charge in [-0.3, -0.25) is 0 Å². The zero-order chi connectivity index (χ0) is 9.80. The topological polar surface area (TPSA) is 12.0 Å². The van der Waals surface area contributed by atoms with Crippen LogP contribution in [0.25, 0.3) is 0 Å². The molecule has 0 aromatic heterocycles. The van der Waals surface area contributed by atoms with Gasteiger partial charge in [-0.15, -0.1) is 0 Å². The monoisotopic (exact) mass is 195 g/mol. The Bertz CT molecular complexity index is 163. The summed E-state index contributed by atoms with van der Waals surface area (Å²) in [7, 11) is 0. The van der Waals surface area contributed by atoms with Crippen molar-refractivity contribution in [3.63, 3.8) is 0 Å². The summed E-state index contributed by atoms with van der Waals surface area (Å²) in [6, 6.07) is 0.909. The lowest BCUT2D eigenvalue weighted by atomic mass is 9.71. The fourth-order valence-electron chi connectivity index (χ4n) is 2.55. The summed E-state index contributed by atoms with van der Waals surface area (Å²) in [5, 5.41) is 3.68. The molecule has 1 N–H and O–H groups in total. The van der Waals surface area contributed by atoms with Gasteiger partial charge in [0.1, 0.15) is 0 Å². The van der Waals surface area contributed by atoms with Crippen LogP contribution in [0.15, 0.2) is 0 Å². The fraction of sp³-hybridized carbons (Fsp3) is 1.00. The van der Waals surface area contributed by atoms with Crippen molar-refractivity contribution in [1.29, 1.82) is 0 Å². The van der Waals surface area contributed by atoms with Crippen LogP contribution in [0.3, 0.4) is 0 Å². The van der Waals surface area contributed by atoms with Gasteiger partial charge in [0, 0.05) is 6.04 Å². The third kappa shape index (κ3) is 2.98. The van der Waals surface area contributed by atoms with Gasteiger partial charge < -0.3 is 5.32 Å². The first-order chi connectivity index (χ1) is 6.90. The van der Waals surface area contributed by atoms with Gasteiger partial charge in [-0.1, -0.05) is 32.6 Å². The van der Waals surface area contributed by atoms with E-state index in [2.05, 4.69) is 12.2 Å². The van der Waals surface area contributed by atoms with Gasteiger partial charge in [-0.05, 0) is 44.1 Å². The molecule has 2 unspecified atom stereocenters. The molecule has 2 rings (SSSR count). The van der Waals surface area contributed by atoms with Crippen molar-refractivity contribution in [2.75, 3.05) is 6.54 Å². The number of hydrogen-bond acceptors (Lipinski definition) is 1. The zero-order valence-electron chi connectivity index (χ0n) is 9.60. The first-order valence-electron chi connectivity index (χ1n) is 6.63. The van der Waals surface area contributed by atoms with Crippen LogP contribution in [-0.4, -0.2) is 12.6 Å². The second-order valence-electron chi connectivity index (χ2n) is 5.28. The Morgan fingerprint density at radius 2 is 1.79 bits per heavy atom. The first kappa shape index (κ1) is 10.5. The minimum atomic E-state index is 0.909. The molecular formula is C13H25N. The summed E-state index contributed by atoms with van der Waals surface area (Å²) in [5.41, 5.74) is 0. The highest BCUT2D eigenvalue weighted by molar-refractivity contribution is 4.87. The Balaban J connectivity index is 1.53. The average molecular weight is 195 g/mol. The van der Waals surface area contributed by atoms with Crippen molar-refractivity contribution in [2.24, 2.45) is 11.8 Å². The van der Waals surface area contributed by atoms with E-state index in [-0.39, 0.29) is 0 Å². The minimum absolute atomic E-state index is 0.909. The second kappa shape index (κ2) is 5.16. The van der Waals surface area contributed by atoms with E-state index in [0.29, 0.717) is 0 Å². The number of hydrogen-bond donors (Lipinski definition) is 1. The standard InChI is InChI=1S/C13H25N/c1-2-3-4-5-11-6-7-12(11)10-14-13-8-9-13/h11-14H,2-10H2,1H3. The highest BCUT2D eigenvalue weighted by Gasteiger charge is 2.31. The van der Waals surface area contributed by atoms with Crippen molar-refractivity contribution in [3.05, 3.63) is 0 Å². The lowest BCUT2D eigenvalue weighted by Gasteiger charge is -2.37. The third-order valence-corrected chi connectivity index (χ3v) is 4.00. The van der Waals surface area contributed by atoms with Gasteiger partial charge in [0.15, 0.2) is 0 Å². The molecule has 82 valence electrons. The van der Waals surface area contributed by atoms with Crippen LogP contribution < -0.4 is 5.32 Å². The molecule has 0 amide bonds. The van der Waals surface area contributed by atoms with Gasteiger partial charge >= 0.3 is 0 Å². The number of nitrogens with one attached hydrogen (secondary N) is 1. The summed E-state index contributed by atoms with van der Waals surface area (Å²) >= 11 is 0. The Hall–Kier alpha value is -0.0400. The van der Waals surface area contributed by atoms with E-state index >= 15 is 0 Å². The molecule has 2 fully saturated rings. The maximum absolute atomic E-state index is 3.68. The van der Waals surface area contributed by atoms with E-state index in [4.69, 9.17) is 0 Å². The highest BCUT2D eigenvalue weighted by atomic mass is 14.9. The molecule has 0 aliphatic heterocycles. The molecule has 14 heavy (non-hydrogen) atoms. The maximum atomic E-state index is 3.68. The van der Waals surface area contributed by atoms with Gasteiger partial charge in [-0.25, -0.2) is 0 Å². The van der Waals surface area contributed by atoms with E-state index in [0.717, 1.165) is 17.9 Å². The molecule has 2 aliphatic carbocycles. The third-order valence-electron chi connectivity index (χ3n) is 4.00. The molecule has 2 aliphatic rings. The Labute approximate surface area is 88.7 Å². The first-order valence-corrected chi connectivity index (χ1v) is 6.63. The predicted molar refractivity (Wildman–Crippen MR) is 61.4 cm³/mol. The van der Waals surface area contributed by atoms with Crippen molar-refractivity contribution in [2.45, 2.75) is 64.3 Å². The molecule has 0 heterocycles. The van der Waals surface area contributed by atoms with Crippen LogP contribution in [0.4, 0.5) is 0 Å². The smallest absolute Gasteiger partial charge is 0.00683 e. The molecule has 0 saturated heterocycles. The van der Waals surface area contributed by atoms with Gasteiger partial charge in [0.2, 0.25) is 0 Å². The number of rotatable bonds is 7. The molecule has 0 spiro atoms. The van der Waals surface area contributed by atoms with Gasteiger partial charge in [0.05, 0.1) is 0 Å². The van der Waals surface area contributed by atoms with Gasteiger partial charge in [0.25, 0.3) is 0 Å². The molecular weight excluding hydrogens is 170 g/mol. The van der Waals surface area contributed by atoms with Crippen LogP contribution in [0, 0.1) is 11.8 Å². The summed E-state index contributed by atoms with van der Waals surface area (Å²) in [6.45, 7) is 3.62. The molecule has 0 radical (unpaired) electrons. The number of unbranched alkanes of at least 4 members (excludes halogenated alkanes) is 2. The molecule has 2 atom stereocenters. The van der Waals surface area contributed by atoms with Crippen LogP contribution in [0.2, 0.25) is 0 Å². The van der Waals surface area contributed by atoms with Gasteiger partial charge in [-0.2, -0.15) is 0 Å².